The Bertz CT molecular complexity index is 882. The third kappa shape index (κ3) is 3.61. The van der Waals surface area contributed by atoms with Gasteiger partial charge in [-0.2, -0.15) is 0 Å². The predicted octanol–water partition coefficient (Wildman–Crippen LogP) is 3.92. The average Bonchev–Trinajstić information content (AvgIpc) is 3.10. The number of urea groups is 1. The molecule has 1 N–H and O–H groups in total. The van der Waals surface area contributed by atoms with E-state index >= 15 is 0 Å². The van der Waals surface area contributed by atoms with Crippen molar-refractivity contribution in [3.8, 4) is 11.8 Å². The van der Waals surface area contributed by atoms with Crippen LogP contribution in [0.4, 0.5) is 10.5 Å². The molecule has 1 aliphatic rings. The van der Waals surface area contributed by atoms with Crippen LogP contribution in [-0.4, -0.2) is 27.4 Å². The van der Waals surface area contributed by atoms with Crippen molar-refractivity contribution in [3.05, 3.63) is 64.6 Å². The smallest absolute Gasteiger partial charge is 0.322 e. The summed E-state index contributed by atoms with van der Waals surface area (Å²) in [6.45, 7) is 1.38. The number of hydrogen-bond acceptors (Lipinski definition) is 5. The number of nitrogens with zero attached hydrogens (tertiary/aromatic N) is 3. The van der Waals surface area contributed by atoms with Crippen molar-refractivity contribution in [3.63, 3.8) is 0 Å². The first-order valence-corrected chi connectivity index (χ1v) is 8.82. The van der Waals surface area contributed by atoms with Gasteiger partial charge < -0.3 is 15.0 Å². The maximum Gasteiger partial charge on any atom is 0.322 e. The van der Waals surface area contributed by atoms with Crippen molar-refractivity contribution in [1.29, 1.82) is 0 Å². The van der Waals surface area contributed by atoms with Gasteiger partial charge in [0.1, 0.15) is 5.75 Å². The van der Waals surface area contributed by atoms with Crippen LogP contribution in [0.5, 0.6) is 11.8 Å². The lowest BCUT2D eigenvalue weighted by atomic mass is 10.1. The van der Waals surface area contributed by atoms with Gasteiger partial charge in [0.15, 0.2) is 0 Å². The summed E-state index contributed by atoms with van der Waals surface area (Å²) >= 11 is 1.76. The predicted molar refractivity (Wildman–Crippen MR) is 96.0 cm³/mol. The average molecular weight is 352 g/mol. The molecule has 3 heterocycles. The fourth-order valence-corrected chi connectivity index (χ4v) is 3.59. The van der Waals surface area contributed by atoms with E-state index in [1.54, 1.807) is 41.9 Å². The van der Waals surface area contributed by atoms with E-state index in [-0.39, 0.29) is 12.0 Å². The van der Waals surface area contributed by atoms with E-state index in [1.807, 2.05) is 17.0 Å². The maximum atomic E-state index is 12.5. The number of thiophene rings is 1. The van der Waals surface area contributed by atoms with Crippen molar-refractivity contribution in [2.45, 2.75) is 13.0 Å². The van der Waals surface area contributed by atoms with E-state index < -0.39 is 0 Å². The summed E-state index contributed by atoms with van der Waals surface area (Å²) in [5, 5.41) is 5.01. The summed E-state index contributed by atoms with van der Waals surface area (Å²) in [5.74, 6) is 0.572. The fourth-order valence-electron chi connectivity index (χ4n) is 2.71. The second-order valence-electron chi connectivity index (χ2n) is 5.63. The normalized spacial score (nSPS) is 13.2. The van der Waals surface area contributed by atoms with E-state index in [0.717, 1.165) is 13.0 Å². The Labute approximate surface area is 149 Å². The van der Waals surface area contributed by atoms with Crippen molar-refractivity contribution in [1.82, 2.24) is 14.9 Å². The number of carbonyl (C=O) groups is 1. The van der Waals surface area contributed by atoms with Gasteiger partial charge in [-0.25, -0.2) is 14.8 Å². The van der Waals surface area contributed by atoms with Crippen LogP contribution in [0.15, 0.2) is 54.2 Å². The molecule has 25 heavy (non-hydrogen) atoms. The minimum atomic E-state index is -0.107. The quantitative estimate of drug-likeness (QED) is 0.776. The Morgan fingerprint density at radius 3 is 2.96 bits per heavy atom. The molecule has 2 amide bonds. The molecule has 4 rings (SSSR count). The van der Waals surface area contributed by atoms with Gasteiger partial charge in [0.2, 0.25) is 0 Å². The molecular formula is C18H16N4O2S. The minimum Gasteiger partial charge on any atom is -0.424 e. The van der Waals surface area contributed by atoms with Crippen LogP contribution in [0.2, 0.25) is 0 Å². The summed E-state index contributed by atoms with van der Waals surface area (Å²) in [6.07, 6.45) is 4.14. The summed E-state index contributed by atoms with van der Waals surface area (Å²) in [4.78, 5) is 23.8. The molecule has 1 aliphatic heterocycles. The zero-order chi connectivity index (χ0) is 17.1. The summed E-state index contributed by atoms with van der Waals surface area (Å²) in [6, 6.07) is 11.2. The van der Waals surface area contributed by atoms with Crippen LogP contribution >= 0.6 is 11.3 Å². The molecule has 2 aromatic heterocycles. The lowest BCUT2D eigenvalue weighted by molar-refractivity contribution is 0.207. The highest BCUT2D eigenvalue weighted by atomic mass is 32.1. The number of nitrogens with one attached hydrogen (secondary N) is 1. The topological polar surface area (TPSA) is 67.3 Å². The molecule has 6 nitrogen and oxygen atoms in total. The molecule has 1 aromatic carbocycles. The van der Waals surface area contributed by atoms with Gasteiger partial charge in [0, 0.05) is 42.1 Å². The number of hydrogen-bond donors (Lipinski definition) is 1. The fraction of sp³-hybridized carbons (Fsp3) is 0.167. The van der Waals surface area contributed by atoms with Crippen LogP contribution in [0, 0.1) is 0 Å². The van der Waals surface area contributed by atoms with Gasteiger partial charge >= 0.3 is 12.0 Å². The Morgan fingerprint density at radius 2 is 2.08 bits per heavy atom. The second-order valence-corrected chi connectivity index (χ2v) is 6.63. The maximum absolute atomic E-state index is 12.5. The Hall–Kier alpha value is -2.93. The molecule has 0 spiro atoms. The van der Waals surface area contributed by atoms with E-state index in [2.05, 4.69) is 26.7 Å². The van der Waals surface area contributed by atoms with Gasteiger partial charge in [-0.15, -0.1) is 11.3 Å². The highest BCUT2D eigenvalue weighted by molar-refractivity contribution is 7.10. The zero-order valence-corrected chi connectivity index (χ0v) is 14.2. The van der Waals surface area contributed by atoms with Crippen LogP contribution in [0.25, 0.3) is 0 Å². The molecule has 0 atom stereocenters. The van der Waals surface area contributed by atoms with Crippen molar-refractivity contribution in [2.24, 2.45) is 0 Å². The SMILES string of the molecule is O=C(Nc1cccc(Oc2ncccn2)c1)N1CCc2sccc2C1. The highest BCUT2D eigenvalue weighted by Crippen LogP contribution is 2.25. The van der Waals surface area contributed by atoms with Crippen LogP contribution in [-0.2, 0) is 13.0 Å². The second kappa shape index (κ2) is 6.90. The monoisotopic (exact) mass is 352 g/mol. The van der Waals surface area contributed by atoms with Gasteiger partial charge in [-0.05, 0) is 41.6 Å². The van der Waals surface area contributed by atoms with Crippen LogP contribution in [0.3, 0.4) is 0 Å². The first kappa shape index (κ1) is 15.6. The van der Waals surface area contributed by atoms with E-state index in [9.17, 15) is 4.79 Å². The molecule has 0 radical (unpaired) electrons. The molecule has 3 aromatic rings. The van der Waals surface area contributed by atoms with Crippen molar-refractivity contribution < 1.29 is 9.53 Å². The lowest BCUT2D eigenvalue weighted by Gasteiger charge is -2.27. The third-order valence-electron chi connectivity index (χ3n) is 3.93. The van der Waals surface area contributed by atoms with Crippen LogP contribution < -0.4 is 10.1 Å². The first-order chi connectivity index (χ1) is 12.3. The Morgan fingerprint density at radius 1 is 1.20 bits per heavy atom. The number of benzene rings is 1. The molecule has 0 fully saturated rings. The van der Waals surface area contributed by atoms with Gasteiger partial charge in [0.25, 0.3) is 0 Å². The molecule has 126 valence electrons. The number of ether oxygens (including phenoxy) is 1. The minimum absolute atomic E-state index is 0.107. The number of fused-ring (bicyclic) bond motifs is 1. The number of anilines is 1. The van der Waals surface area contributed by atoms with Gasteiger partial charge in [-0.3, -0.25) is 0 Å². The zero-order valence-electron chi connectivity index (χ0n) is 13.4. The van der Waals surface area contributed by atoms with E-state index in [4.69, 9.17) is 4.74 Å². The standard InChI is InChI=1S/C18H16N4O2S/c23-18(22-9-5-16-13(12-22)6-10-25-16)21-14-3-1-4-15(11-14)24-17-19-7-2-8-20-17/h1-4,6-8,10-11H,5,9,12H2,(H,21,23). The summed E-state index contributed by atoms with van der Waals surface area (Å²) < 4.78 is 5.60. The summed E-state index contributed by atoms with van der Waals surface area (Å²) in [7, 11) is 0. The van der Waals surface area contributed by atoms with Crippen molar-refractivity contribution >= 4 is 23.1 Å². The Balaban J connectivity index is 1.42. The van der Waals surface area contributed by atoms with E-state index in [1.165, 1.54) is 10.4 Å². The van der Waals surface area contributed by atoms with E-state index in [0.29, 0.717) is 18.0 Å². The molecule has 0 unspecified atom stereocenters. The molecule has 7 heteroatoms. The number of aromatic nitrogens is 2. The molecule has 0 bridgehead atoms. The molecule has 0 saturated heterocycles. The third-order valence-corrected chi connectivity index (χ3v) is 4.95. The first-order valence-electron chi connectivity index (χ1n) is 7.94. The summed E-state index contributed by atoms with van der Waals surface area (Å²) in [5.41, 5.74) is 1.92. The lowest BCUT2D eigenvalue weighted by Crippen LogP contribution is -2.38. The number of carbonyl (C=O) groups excluding carboxylic acids is 1. The Kier molecular flexibility index (Phi) is 4.30. The molecular weight excluding hydrogens is 336 g/mol. The van der Waals surface area contributed by atoms with Gasteiger partial charge in [-0.1, -0.05) is 6.07 Å². The van der Waals surface area contributed by atoms with Crippen molar-refractivity contribution in [2.75, 3.05) is 11.9 Å². The van der Waals surface area contributed by atoms with Gasteiger partial charge in [0.05, 0.1) is 0 Å². The highest BCUT2D eigenvalue weighted by Gasteiger charge is 2.21. The largest absolute Gasteiger partial charge is 0.424 e. The molecule has 0 aliphatic carbocycles. The number of amides is 2. The molecule has 0 saturated carbocycles. The number of rotatable bonds is 3. The van der Waals surface area contributed by atoms with Crippen LogP contribution in [0.1, 0.15) is 10.4 Å².